The number of aryl methyl sites for hydroxylation is 1. The maximum Gasteiger partial charge on any atom is 0.223 e. The van der Waals surface area contributed by atoms with Gasteiger partial charge >= 0.3 is 0 Å². The summed E-state index contributed by atoms with van der Waals surface area (Å²) in [7, 11) is 0. The summed E-state index contributed by atoms with van der Waals surface area (Å²) in [4.78, 5) is 8.93. The molecule has 0 aromatic carbocycles. The second-order valence-corrected chi connectivity index (χ2v) is 4.88. The van der Waals surface area contributed by atoms with Gasteiger partial charge in [0.25, 0.3) is 0 Å². The number of nitrogens with one attached hydrogen (secondary N) is 1. The summed E-state index contributed by atoms with van der Waals surface area (Å²) in [5.74, 6) is 2.04. The molecule has 1 saturated carbocycles. The first-order chi connectivity index (χ1) is 7.06. The van der Waals surface area contributed by atoms with Crippen molar-refractivity contribution in [2.45, 2.75) is 46.1 Å². The van der Waals surface area contributed by atoms with Crippen molar-refractivity contribution in [2.24, 2.45) is 5.92 Å². The highest BCUT2D eigenvalue weighted by Crippen LogP contribution is 2.31. The van der Waals surface area contributed by atoms with Crippen LogP contribution in [0.5, 0.6) is 0 Å². The molecule has 3 nitrogen and oxygen atoms in total. The molecule has 3 heteroatoms. The molecule has 0 amide bonds. The van der Waals surface area contributed by atoms with E-state index in [2.05, 4.69) is 42.1 Å². The quantitative estimate of drug-likeness (QED) is 0.824. The predicted octanol–water partition coefficient (Wildman–Crippen LogP) is 2.73. The molecule has 0 aliphatic heterocycles. The molecule has 1 aromatic rings. The van der Waals surface area contributed by atoms with Gasteiger partial charge in [-0.15, -0.1) is 0 Å². The number of anilines is 1. The zero-order valence-electron chi connectivity index (χ0n) is 9.91. The van der Waals surface area contributed by atoms with Crippen molar-refractivity contribution in [1.82, 2.24) is 9.97 Å². The lowest BCUT2D eigenvalue weighted by molar-refractivity contribution is 0.805. The van der Waals surface area contributed by atoms with E-state index < -0.39 is 0 Å². The van der Waals surface area contributed by atoms with E-state index in [1.54, 1.807) is 0 Å². The van der Waals surface area contributed by atoms with Crippen LogP contribution in [0.3, 0.4) is 0 Å². The van der Waals surface area contributed by atoms with Crippen LogP contribution >= 0.6 is 0 Å². The maximum atomic E-state index is 4.53. The minimum Gasteiger partial charge on any atom is -0.351 e. The highest BCUT2D eigenvalue weighted by molar-refractivity contribution is 5.32. The number of rotatable bonds is 3. The maximum absolute atomic E-state index is 4.53. The molecular weight excluding hydrogens is 186 g/mol. The number of nitrogens with zero attached hydrogens (tertiary/aromatic N) is 2. The van der Waals surface area contributed by atoms with E-state index in [4.69, 9.17) is 0 Å². The Kier molecular flexibility index (Phi) is 2.63. The van der Waals surface area contributed by atoms with Crippen LogP contribution < -0.4 is 5.32 Å². The first kappa shape index (κ1) is 10.4. The van der Waals surface area contributed by atoms with Crippen molar-refractivity contribution in [2.75, 3.05) is 5.32 Å². The van der Waals surface area contributed by atoms with Gasteiger partial charge in [-0.25, -0.2) is 9.97 Å². The van der Waals surface area contributed by atoms with Gasteiger partial charge in [0.15, 0.2) is 0 Å². The van der Waals surface area contributed by atoms with E-state index in [9.17, 15) is 0 Å². The van der Waals surface area contributed by atoms with Crippen LogP contribution in [0.15, 0.2) is 6.07 Å². The number of aromatic nitrogens is 2. The molecular formula is C12H19N3. The molecule has 1 aliphatic rings. The summed E-state index contributed by atoms with van der Waals surface area (Å²) in [5.41, 5.74) is 2.17. The summed E-state index contributed by atoms with van der Waals surface area (Å²) < 4.78 is 0. The fourth-order valence-electron chi connectivity index (χ4n) is 1.64. The van der Waals surface area contributed by atoms with E-state index in [-0.39, 0.29) is 0 Å². The summed E-state index contributed by atoms with van der Waals surface area (Å²) in [6.07, 6.45) is 1.24. The molecule has 1 heterocycles. The molecule has 2 unspecified atom stereocenters. The largest absolute Gasteiger partial charge is 0.351 e. The Morgan fingerprint density at radius 1 is 1.40 bits per heavy atom. The van der Waals surface area contributed by atoms with E-state index >= 15 is 0 Å². The molecule has 1 fully saturated rings. The van der Waals surface area contributed by atoms with Crippen LogP contribution in [0.4, 0.5) is 5.95 Å². The Labute approximate surface area is 91.3 Å². The van der Waals surface area contributed by atoms with Gasteiger partial charge in [0.05, 0.1) is 0 Å². The van der Waals surface area contributed by atoms with Crippen molar-refractivity contribution in [3.8, 4) is 0 Å². The minimum absolute atomic E-state index is 0.462. The van der Waals surface area contributed by atoms with Gasteiger partial charge in [-0.1, -0.05) is 20.8 Å². The third kappa shape index (κ3) is 2.46. The Hall–Kier alpha value is -1.12. The molecule has 1 aliphatic carbocycles. The van der Waals surface area contributed by atoms with Crippen LogP contribution in [-0.4, -0.2) is 16.0 Å². The Morgan fingerprint density at radius 3 is 2.60 bits per heavy atom. The predicted molar refractivity (Wildman–Crippen MR) is 62.0 cm³/mol. The topological polar surface area (TPSA) is 37.8 Å². The molecule has 2 atom stereocenters. The SMILES string of the molecule is Cc1cc(C(C)C)nc(NC2CC2C)n1. The van der Waals surface area contributed by atoms with E-state index in [0.29, 0.717) is 12.0 Å². The molecule has 0 bridgehead atoms. The standard InChI is InChI=1S/C12H19N3/c1-7(2)10-6-9(4)13-12(14-10)15-11-5-8(11)3/h6-8,11H,5H2,1-4H3,(H,13,14,15). The van der Waals surface area contributed by atoms with Crippen LogP contribution in [0.25, 0.3) is 0 Å². The highest BCUT2D eigenvalue weighted by Gasteiger charge is 2.33. The van der Waals surface area contributed by atoms with Gasteiger partial charge in [0.2, 0.25) is 5.95 Å². The lowest BCUT2D eigenvalue weighted by Crippen LogP contribution is -2.09. The lowest BCUT2D eigenvalue weighted by Gasteiger charge is -2.09. The first-order valence-corrected chi connectivity index (χ1v) is 5.68. The number of hydrogen-bond acceptors (Lipinski definition) is 3. The molecule has 82 valence electrons. The molecule has 15 heavy (non-hydrogen) atoms. The van der Waals surface area contributed by atoms with Crippen molar-refractivity contribution < 1.29 is 0 Å². The number of hydrogen-bond donors (Lipinski definition) is 1. The normalized spacial score (nSPS) is 24.3. The Bertz CT molecular complexity index is 360. The smallest absolute Gasteiger partial charge is 0.223 e. The fourth-order valence-corrected chi connectivity index (χ4v) is 1.64. The summed E-state index contributed by atoms with van der Waals surface area (Å²) in [6, 6.07) is 2.65. The minimum atomic E-state index is 0.462. The van der Waals surface area contributed by atoms with Gasteiger partial charge in [0.1, 0.15) is 0 Å². The highest BCUT2D eigenvalue weighted by atomic mass is 15.1. The van der Waals surface area contributed by atoms with E-state index in [1.165, 1.54) is 6.42 Å². The third-order valence-electron chi connectivity index (χ3n) is 2.89. The van der Waals surface area contributed by atoms with Crippen molar-refractivity contribution in [3.05, 3.63) is 17.5 Å². The van der Waals surface area contributed by atoms with Gasteiger partial charge in [0, 0.05) is 17.4 Å². The summed E-state index contributed by atoms with van der Waals surface area (Å²) >= 11 is 0. The van der Waals surface area contributed by atoms with Crippen LogP contribution in [0, 0.1) is 12.8 Å². The van der Waals surface area contributed by atoms with Crippen LogP contribution in [0.1, 0.15) is 44.5 Å². The van der Waals surface area contributed by atoms with Gasteiger partial charge in [-0.2, -0.15) is 0 Å². The van der Waals surface area contributed by atoms with Crippen molar-refractivity contribution in [1.29, 1.82) is 0 Å². The van der Waals surface area contributed by atoms with E-state index in [1.807, 2.05) is 6.92 Å². The van der Waals surface area contributed by atoms with E-state index in [0.717, 1.165) is 23.3 Å². The fraction of sp³-hybridized carbons (Fsp3) is 0.667. The summed E-state index contributed by atoms with van der Waals surface area (Å²) in [5, 5.41) is 3.38. The van der Waals surface area contributed by atoms with Crippen molar-refractivity contribution in [3.63, 3.8) is 0 Å². The third-order valence-corrected chi connectivity index (χ3v) is 2.89. The Morgan fingerprint density at radius 2 is 2.07 bits per heavy atom. The zero-order chi connectivity index (χ0) is 11.0. The molecule has 0 saturated heterocycles. The zero-order valence-corrected chi connectivity index (χ0v) is 9.91. The average molecular weight is 205 g/mol. The average Bonchev–Trinajstić information content (AvgIpc) is 2.80. The molecule has 2 rings (SSSR count). The van der Waals surface area contributed by atoms with Gasteiger partial charge in [-0.05, 0) is 31.2 Å². The first-order valence-electron chi connectivity index (χ1n) is 5.68. The second kappa shape index (κ2) is 3.80. The Balaban J connectivity index is 2.16. The lowest BCUT2D eigenvalue weighted by atomic mass is 10.1. The molecule has 1 N–H and O–H groups in total. The molecule has 1 aromatic heterocycles. The second-order valence-electron chi connectivity index (χ2n) is 4.88. The van der Waals surface area contributed by atoms with Crippen LogP contribution in [0.2, 0.25) is 0 Å². The summed E-state index contributed by atoms with van der Waals surface area (Å²) in [6.45, 7) is 8.59. The van der Waals surface area contributed by atoms with Crippen molar-refractivity contribution >= 4 is 5.95 Å². The van der Waals surface area contributed by atoms with Crippen LogP contribution in [-0.2, 0) is 0 Å². The monoisotopic (exact) mass is 205 g/mol. The molecule has 0 radical (unpaired) electrons. The van der Waals surface area contributed by atoms with Gasteiger partial charge < -0.3 is 5.32 Å². The molecule has 0 spiro atoms. The van der Waals surface area contributed by atoms with Gasteiger partial charge in [-0.3, -0.25) is 0 Å².